The quantitative estimate of drug-likeness (QED) is 0.455. The number of carbonyl (C=O) groups is 1. The van der Waals surface area contributed by atoms with Crippen LogP contribution in [0.1, 0.15) is 18.1 Å². The molecule has 0 saturated heterocycles. The fraction of sp³-hybridized carbons (Fsp3) is 0.100. The van der Waals surface area contributed by atoms with Crippen molar-refractivity contribution in [3.8, 4) is 6.07 Å². The number of nitrogens with zero attached hydrogens (tertiary/aromatic N) is 1. The number of aromatic amines is 1. The van der Waals surface area contributed by atoms with E-state index in [1.807, 2.05) is 24.3 Å². The highest BCUT2D eigenvalue weighted by Crippen LogP contribution is 2.27. The molecule has 1 amide bonds. The van der Waals surface area contributed by atoms with Crippen LogP contribution >= 0.6 is 23.2 Å². The van der Waals surface area contributed by atoms with E-state index in [0.29, 0.717) is 15.7 Å². The molecule has 0 unspecified atom stereocenters. The number of anilines is 1. The fourth-order valence-corrected chi connectivity index (χ4v) is 3.08. The molecular formula is C20H15Cl2N3O. The number of fused-ring (bicyclic) bond motifs is 1. The smallest absolute Gasteiger partial charge is 0.266 e. The Kier molecular flexibility index (Phi) is 5.32. The zero-order valence-electron chi connectivity index (χ0n) is 13.9. The van der Waals surface area contributed by atoms with Crippen molar-refractivity contribution in [1.82, 2.24) is 4.98 Å². The predicted molar refractivity (Wildman–Crippen MR) is 106 cm³/mol. The summed E-state index contributed by atoms with van der Waals surface area (Å²) in [5.41, 5.74) is 3.30. The van der Waals surface area contributed by atoms with Crippen LogP contribution in [-0.4, -0.2) is 10.9 Å². The molecule has 0 spiro atoms. The zero-order valence-corrected chi connectivity index (χ0v) is 15.4. The number of hydrogen-bond donors (Lipinski definition) is 2. The first-order chi connectivity index (χ1) is 12.5. The van der Waals surface area contributed by atoms with Gasteiger partial charge in [-0.1, -0.05) is 48.3 Å². The lowest BCUT2D eigenvalue weighted by Crippen LogP contribution is -2.13. The van der Waals surface area contributed by atoms with Gasteiger partial charge in [-0.3, -0.25) is 4.79 Å². The van der Waals surface area contributed by atoms with E-state index in [4.69, 9.17) is 23.2 Å². The van der Waals surface area contributed by atoms with Gasteiger partial charge < -0.3 is 10.3 Å². The molecule has 3 rings (SSSR count). The Morgan fingerprint density at radius 2 is 2.12 bits per heavy atom. The van der Waals surface area contributed by atoms with Crippen LogP contribution in [0, 0.1) is 11.3 Å². The molecule has 26 heavy (non-hydrogen) atoms. The Hall–Kier alpha value is -2.74. The van der Waals surface area contributed by atoms with E-state index in [-0.39, 0.29) is 5.57 Å². The van der Waals surface area contributed by atoms with Crippen LogP contribution in [0.2, 0.25) is 10.0 Å². The largest absolute Gasteiger partial charge is 0.360 e. The minimum atomic E-state index is -0.544. The molecule has 2 aromatic carbocycles. The lowest BCUT2D eigenvalue weighted by atomic mass is 10.1. The third-order valence-corrected chi connectivity index (χ3v) is 4.62. The fourth-order valence-electron chi connectivity index (χ4n) is 2.74. The van der Waals surface area contributed by atoms with Crippen LogP contribution in [0.3, 0.4) is 0 Å². The standard InChI is InChI=1S/C20H15Cl2N3O/c1-2-12-4-3-5-16-14(11-24-19(12)16)8-13(10-23)20(26)25-18-9-15(21)6-7-17(18)22/h3-9,11,24H,2H2,1H3,(H,25,26)/b13-8+. The minimum absolute atomic E-state index is 0.0242. The van der Waals surface area contributed by atoms with Gasteiger partial charge in [-0.05, 0) is 36.3 Å². The lowest BCUT2D eigenvalue weighted by Gasteiger charge is -2.07. The normalized spacial score (nSPS) is 11.4. The van der Waals surface area contributed by atoms with Crippen LogP contribution in [-0.2, 0) is 11.2 Å². The van der Waals surface area contributed by atoms with Crippen LogP contribution in [0.5, 0.6) is 0 Å². The Balaban J connectivity index is 1.95. The van der Waals surface area contributed by atoms with E-state index in [1.54, 1.807) is 24.4 Å². The Labute approximate surface area is 161 Å². The topological polar surface area (TPSA) is 68.7 Å². The van der Waals surface area contributed by atoms with E-state index >= 15 is 0 Å². The van der Waals surface area contributed by atoms with E-state index in [2.05, 4.69) is 17.2 Å². The summed E-state index contributed by atoms with van der Waals surface area (Å²) in [5.74, 6) is -0.544. The molecule has 3 aromatic rings. The maximum Gasteiger partial charge on any atom is 0.266 e. The minimum Gasteiger partial charge on any atom is -0.360 e. The van der Waals surface area contributed by atoms with Crippen molar-refractivity contribution < 1.29 is 4.79 Å². The van der Waals surface area contributed by atoms with E-state index in [9.17, 15) is 10.1 Å². The second-order valence-electron chi connectivity index (χ2n) is 5.69. The molecule has 130 valence electrons. The van der Waals surface area contributed by atoms with E-state index < -0.39 is 5.91 Å². The van der Waals surface area contributed by atoms with Gasteiger partial charge in [0, 0.05) is 27.7 Å². The van der Waals surface area contributed by atoms with Gasteiger partial charge in [-0.2, -0.15) is 5.26 Å². The average molecular weight is 384 g/mol. The number of carbonyl (C=O) groups excluding carboxylic acids is 1. The monoisotopic (exact) mass is 383 g/mol. The molecule has 6 heteroatoms. The summed E-state index contributed by atoms with van der Waals surface area (Å²) >= 11 is 12.0. The Morgan fingerprint density at radius 1 is 1.31 bits per heavy atom. The van der Waals surface area contributed by atoms with E-state index in [0.717, 1.165) is 22.9 Å². The van der Waals surface area contributed by atoms with Gasteiger partial charge in [-0.25, -0.2) is 0 Å². The first-order valence-corrected chi connectivity index (χ1v) is 8.76. The molecule has 0 aliphatic rings. The first-order valence-electron chi connectivity index (χ1n) is 8.00. The predicted octanol–water partition coefficient (Wildman–Crippen LogP) is 5.58. The van der Waals surface area contributed by atoms with Gasteiger partial charge in [0.1, 0.15) is 11.6 Å². The number of halogens is 2. The van der Waals surface area contributed by atoms with E-state index in [1.165, 1.54) is 11.6 Å². The second-order valence-corrected chi connectivity index (χ2v) is 6.53. The van der Waals surface area contributed by atoms with Crippen molar-refractivity contribution in [2.24, 2.45) is 0 Å². The van der Waals surface area contributed by atoms with Gasteiger partial charge in [-0.15, -0.1) is 0 Å². The van der Waals surface area contributed by atoms with Gasteiger partial charge in [0.05, 0.1) is 10.7 Å². The second kappa shape index (κ2) is 7.65. The van der Waals surface area contributed by atoms with Gasteiger partial charge >= 0.3 is 0 Å². The molecule has 1 heterocycles. The third kappa shape index (κ3) is 3.60. The van der Waals surface area contributed by atoms with Crippen molar-refractivity contribution in [3.63, 3.8) is 0 Å². The number of aryl methyl sites for hydroxylation is 1. The zero-order chi connectivity index (χ0) is 18.7. The Morgan fingerprint density at radius 3 is 2.85 bits per heavy atom. The summed E-state index contributed by atoms with van der Waals surface area (Å²) in [6, 6.07) is 12.7. The first kappa shape index (κ1) is 18.1. The Bertz CT molecular complexity index is 1060. The summed E-state index contributed by atoms with van der Waals surface area (Å²) in [6.45, 7) is 2.08. The summed E-state index contributed by atoms with van der Waals surface area (Å²) < 4.78 is 0. The number of nitriles is 1. The van der Waals surface area contributed by atoms with Crippen LogP contribution in [0.25, 0.3) is 17.0 Å². The molecular weight excluding hydrogens is 369 g/mol. The van der Waals surface area contributed by atoms with Gasteiger partial charge in [0.2, 0.25) is 0 Å². The van der Waals surface area contributed by atoms with Crippen molar-refractivity contribution in [1.29, 1.82) is 5.26 Å². The highest BCUT2D eigenvalue weighted by Gasteiger charge is 2.13. The molecule has 0 radical (unpaired) electrons. The van der Waals surface area contributed by atoms with Crippen molar-refractivity contribution in [2.45, 2.75) is 13.3 Å². The number of aromatic nitrogens is 1. The summed E-state index contributed by atoms with van der Waals surface area (Å²) in [6.07, 6.45) is 4.24. The SMILES string of the molecule is CCc1cccc2c(/C=C(\C#N)C(=O)Nc3cc(Cl)ccc3Cl)c[nH]c12. The molecule has 0 bridgehead atoms. The lowest BCUT2D eigenvalue weighted by molar-refractivity contribution is -0.112. The number of H-pyrrole nitrogens is 1. The molecule has 0 saturated carbocycles. The summed E-state index contributed by atoms with van der Waals surface area (Å²) in [5, 5.41) is 13.8. The molecule has 0 fully saturated rings. The third-order valence-electron chi connectivity index (χ3n) is 4.06. The highest BCUT2D eigenvalue weighted by atomic mass is 35.5. The average Bonchev–Trinajstić information content (AvgIpc) is 3.05. The molecule has 2 N–H and O–H groups in total. The number of para-hydroxylation sites is 1. The number of benzene rings is 2. The number of rotatable bonds is 4. The maximum absolute atomic E-state index is 12.5. The van der Waals surface area contributed by atoms with Gasteiger partial charge in [0.15, 0.2) is 0 Å². The van der Waals surface area contributed by atoms with Crippen molar-refractivity contribution in [3.05, 3.63) is 69.3 Å². The van der Waals surface area contributed by atoms with Crippen LogP contribution in [0.15, 0.2) is 48.2 Å². The molecule has 0 aliphatic heterocycles. The van der Waals surface area contributed by atoms with Crippen molar-refractivity contribution >= 4 is 51.8 Å². The molecule has 4 nitrogen and oxygen atoms in total. The van der Waals surface area contributed by atoms with Crippen LogP contribution < -0.4 is 5.32 Å². The summed E-state index contributed by atoms with van der Waals surface area (Å²) in [7, 11) is 0. The molecule has 1 aromatic heterocycles. The van der Waals surface area contributed by atoms with Crippen LogP contribution in [0.4, 0.5) is 5.69 Å². The molecule has 0 atom stereocenters. The highest BCUT2D eigenvalue weighted by molar-refractivity contribution is 6.36. The summed E-state index contributed by atoms with van der Waals surface area (Å²) in [4.78, 5) is 15.7. The maximum atomic E-state index is 12.5. The number of amides is 1. The van der Waals surface area contributed by atoms with Crippen molar-refractivity contribution in [2.75, 3.05) is 5.32 Å². The molecule has 0 aliphatic carbocycles. The number of hydrogen-bond acceptors (Lipinski definition) is 2. The number of nitrogens with one attached hydrogen (secondary N) is 2. The van der Waals surface area contributed by atoms with Gasteiger partial charge in [0.25, 0.3) is 5.91 Å².